The standard InChI is InChI=1S/C18H25N3O2/c22-18(15-10-17(23-19-15)12-3-4-12)20-9-7-16-13(11-20)2-1-8-21(16)14-5-6-14/h10,12-14,16H,1-9,11H2/t13-,16+/m1/s1. The SMILES string of the molecule is O=C(c1cc(C2CC2)on1)N1CC[C@H]2[C@H](CCCN2C2CC2)C1. The van der Waals surface area contributed by atoms with Crippen LogP contribution in [-0.2, 0) is 0 Å². The van der Waals surface area contributed by atoms with Gasteiger partial charge in [0.25, 0.3) is 5.91 Å². The van der Waals surface area contributed by atoms with Crippen LogP contribution in [0, 0.1) is 5.92 Å². The predicted molar refractivity (Wildman–Crippen MR) is 85.2 cm³/mol. The summed E-state index contributed by atoms with van der Waals surface area (Å²) in [5.74, 6) is 2.14. The van der Waals surface area contributed by atoms with Crippen molar-refractivity contribution < 1.29 is 9.32 Å². The number of hydrogen-bond donors (Lipinski definition) is 0. The molecule has 0 N–H and O–H groups in total. The third kappa shape index (κ3) is 2.59. The van der Waals surface area contributed by atoms with Crippen molar-refractivity contribution in [3.8, 4) is 0 Å². The van der Waals surface area contributed by atoms with Gasteiger partial charge in [0.05, 0.1) is 0 Å². The Balaban J connectivity index is 1.27. The molecule has 124 valence electrons. The van der Waals surface area contributed by atoms with E-state index in [1.807, 2.05) is 11.0 Å². The third-order valence-corrected chi connectivity index (χ3v) is 6.14. The molecule has 2 saturated carbocycles. The quantitative estimate of drug-likeness (QED) is 0.860. The Morgan fingerprint density at radius 1 is 1.13 bits per heavy atom. The van der Waals surface area contributed by atoms with E-state index in [0.29, 0.717) is 23.6 Å². The summed E-state index contributed by atoms with van der Waals surface area (Å²) < 4.78 is 5.36. The number of piperidine rings is 2. The molecule has 23 heavy (non-hydrogen) atoms. The average molecular weight is 315 g/mol. The summed E-state index contributed by atoms with van der Waals surface area (Å²) in [6.45, 7) is 3.04. The lowest BCUT2D eigenvalue weighted by atomic mass is 9.83. The Morgan fingerprint density at radius 3 is 2.78 bits per heavy atom. The van der Waals surface area contributed by atoms with Gasteiger partial charge in [-0.1, -0.05) is 5.16 Å². The minimum Gasteiger partial charge on any atom is -0.360 e. The predicted octanol–water partition coefficient (Wildman–Crippen LogP) is 2.64. The van der Waals surface area contributed by atoms with Crippen LogP contribution in [0.15, 0.2) is 10.6 Å². The van der Waals surface area contributed by atoms with Crippen molar-refractivity contribution in [2.75, 3.05) is 19.6 Å². The summed E-state index contributed by atoms with van der Waals surface area (Å²) in [7, 11) is 0. The Hall–Kier alpha value is -1.36. The summed E-state index contributed by atoms with van der Waals surface area (Å²) in [5, 5.41) is 4.03. The fraction of sp³-hybridized carbons (Fsp3) is 0.778. The van der Waals surface area contributed by atoms with Crippen LogP contribution in [-0.4, -0.2) is 52.6 Å². The lowest BCUT2D eigenvalue weighted by molar-refractivity contribution is 0.0170. The summed E-state index contributed by atoms with van der Waals surface area (Å²) in [4.78, 5) is 17.5. The van der Waals surface area contributed by atoms with Crippen molar-refractivity contribution in [2.45, 2.75) is 62.9 Å². The number of carbonyl (C=O) groups excluding carboxylic acids is 1. The van der Waals surface area contributed by atoms with E-state index in [1.165, 1.54) is 45.1 Å². The number of fused-ring (bicyclic) bond motifs is 1. The molecule has 1 aromatic rings. The largest absolute Gasteiger partial charge is 0.360 e. The van der Waals surface area contributed by atoms with Gasteiger partial charge in [-0.15, -0.1) is 0 Å². The van der Waals surface area contributed by atoms with Crippen molar-refractivity contribution in [1.29, 1.82) is 0 Å². The first kappa shape index (κ1) is 14.0. The molecule has 5 heteroatoms. The number of nitrogens with zero attached hydrogens (tertiary/aromatic N) is 3. The molecule has 4 fully saturated rings. The van der Waals surface area contributed by atoms with E-state index in [0.717, 1.165) is 31.3 Å². The highest BCUT2D eigenvalue weighted by Crippen LogP contribution is 2.41. The molecule has 2 aliphatic carbocycles. The van der Waals surface area contributed by atoms with Crippen LogP contribution in [0.5, 0.6) is 0 Å². The van der Waals surface area contributed by atoms with Gasteiger partial charge >= 0.3 is 0 Å². The number of carbonyl (C=O) groups is 1. The second-order valence-corrected chi connectivity index (χ2v) is 7.87. The van der Waals surface area contributed by atoms with Crippen molar-refractivity contribution in [3.05, 3.63) is 17.5 Å². The topological polar surface area (TPSA) is 49.6 Å². The van der Waals surface area contributed by atoms with Crippen LogP contribution in [0.1, 0.15) is 67.1 Å². The molecule has 0 radical (unpaired) electrons. The fourth-order valence-electron chi connectivity index (χ4n) is 4.60. The molecule has 2 atom stereocenters. The van der Waals surface area contributed by atoms with Gasteiger partial charge in [-0.05, 0) is 57.4 Å². The Morgan fingerprint density at radius 2 is 2.00 bits per heavy atom. The van der Waals surface area contributed by atoms with Crippen molar-refractivity contribution in [1.82, 2.24) is 15.0 Å². The monoisotopic (exact) mass is 315 g/mol. The van der Waals surface area contributed by atoms with Gasteiger partial charge in [0.1, 0.15) is 5.76 Å². The average Bonchev–Trinajstić information content (AvgIpc) is 3.52. The minimum atomic E-state index is 0.0719. The first-order chi connectivity index (χ1) is 11.3. The van der Waals surface area contributed by atoms with Gasteiger partial charge < -0.3 is 9.42 Å². The van der Waals surface area contributed by atoms with Gasteiger partial charge in [-0.25, -0.2) is 0 Å². The molecule has 1 aromatic heterocycles. The highest BCUT2D eigenvalue weighted by molar-refractivity contribution is 5.92. The van der Waals surface area contributed by atoms with Crippen LogP contribution in [0.25, 0.3) is 0 Å². The molecule has 5 rings (SSSR count). The highest BCUT2D eigenvalue weighted by atomic mass is 16.5. The van der Waals surface area contributed by atoms with Gasteiger partial charge in [0.2, 0.25) is 0 Å². The summed E-state index contributed by atoms with van der Waals surface area (Å²) >= 11 is 0. The molecule has 1 amide bonds. The highest BCUT2D eigenvalue weighted by Gasteiger charge is 2.43. The van der Waals surface area contributed by atoms with E-state index < -0.39 is 0 Å². The summed E-state index contributed by atoms with van der Waals surface area (Å²) in [6.07, 6.45) is 8.80. The van der Waals surface area contributed by atoms with E-state index in [4.69, 9.17) is 4.52 Å². The Bertz CT molecular complexity index is 605. The number of hydrogen-bond acceptors (Lipinski definition) is 4. The molecule has 4 aliphatic rings. The van der Waals surface area contributed by atoms with Crippen LogP contribution in [0.2, 0.25) is 0 Å². The summed E-state index contributed by atoms with van der Waals surface area (Å²) in [5.41, 5.74) is 0.514. The maximum atomic E-state index is 12.7. The minimum absolute atomic E-state index is 0.0719. The van der Waals surface area contributed by atoms with E-state index in [1.54, 1.807) is 0 Å². The molecular weight excluding hydrogens is 290 g/mol. The lowest BCUT2D eigenvalue weighted by Gasteiger charge is -2.47. The molecule has 2 aliphatic heterocycles. The summed E-state index contributed by atoms with van der Waals surface area (Å²) in [6, 6.07) is 3.44. The van der Waals surface area contributed by atoms with Crippen LogP contribution >= 0.6 is 0 Å². The second-order valence-electron chi connectivity index (χ2n) is 7.87. The maximum absolute atomic E-state index is 12.7. The molecule has 3 heterocycles. The van der Waals surface area contributed by atoms with Gasteiger partial charge in [0.15, 0.2) is 5.69 Å². The zero-order valence-corrected chi connectivity index (χ0v) is 13.6. The van der Waals surface area contributed by atoms with Crippen molar-refractivity contribution >= 4 is 5.91 Å². The van der Waals surface area contributed by atoms with Gasteiger partial charge in [0, 0.05) is 37.2 Å². The zero-order valence-electron chi connectivity index (χ0n) is 13.6. The van der Waals surface area contributed by atoms with Crippen LogP contribution in [0.3, 0.4) is 0 Å². The maximum Gasteiger partial charge on any atom is 0.276 e. The van der Waals surface area contributed by atoms with E-state index in [-0.39, 0.29) is 5.91 Å². The fourth-order valence-corrected chi connectivity index (χ4v) is 4.60. The first-order valence-corrected chi connectivity index (χ1v) is 9.31. The lowest BCUT2D eigenvalue weighted by Crippen LogP contribution is -2.55. The molecule has 0 spiro atoms. The zero-order chi connectivity index (χ0) is 15.4. The number of likely N-dealkylation sites (tertiary alicyclic amines) is 2. The van der Waals surface area contributed by atoms with Crippen LogP contribution in [0.4, 0.5) is 0 Å². The normalized spacial score (nSPS) is 31.9. The molecule has 0 bridgehead atoms. The molecule has 0 unspecified atom stereocenters. The smallest absolute Gasteiger partial charge is 0.276 e. The van der Waals surface area contributed by atoms with E-state index in [2.05, 4.69) is 10.1 Å². The second kappa shape index (κ2) is 5.33. The molecular formula is C18H25N3O2. The number of amides is 1. The number of aromatic nitrogens is 1. The van der Waals surface area contributed by atoms with Crippen molar-refractivity contribution in [2.24, 2.45) is 5.92 Å². The molecule has 2 saturated heterocycles. The van der Waals surface area contributed by atoms with Crippen LogP contribution < -0.4 is 0 Å². The van der Waals surface area contributed by atoms with Crippen molar-refractivity contribution in [3.63, 3.8) is 0 Å². The Kier molecular flexibility index (Phi) is 3.25. The first-order valence-electron chi connectivity index (χ1n) is 9.31. The molecule has 0 aromatic carbocycles. The molecule has 5 nitrogen and oxygen atoms in total. The van der Waals surface area contributed by atoms with E-state index >= 15 is 0 Å². The number of rotatable bonds is 3. The van der Waals surface area contributed by atoms with Gasteiger partial charge in [-0.3, -0.25) is 9.69 Å². The third-order valence-electron chi connectivity index (χ3n) is 6.14. The van der Waals surface area contributed by atoms with Gasteiger partial charge in [-0.2, -0.15) is 0 Å². The Labute approximate surface area is 137 Å². The van der Waals surface area contributed by atoms with E-state index in [9.17, 15) is 4.79 Å².